The van der Waals surface area contributed by atoms with Gasteiger partial charge in [-0.05, 0) is 6.42 Å². The average molecular weight is 227 g/mol. The van der Waals surface area contributed by atoms with Crippen molar-refractivity contribution in [2.24, 2.45) is 5.92 Å². The molecule has 0 bridgehead atoms. The van der Waals surface area contributed by atoms with Gasteiger partial charge in [-0.3, -0.25) is 4.79 Å². The number of hydrogen-bond acceptors (Lipinski definition) is 3. The molecular weight excluding hydrogens is 210 g/mol. The van der Waals surface area contributed by atoms with Crippen LogP contribution in [0.2, 0.25) is 0 Å². The van der Waals surface area contributed by atoms with Crippen molar-refractivity contribution in [3.63, 3.8) is 0 Å². The summed E-state index contributed by atoms with van der Waals surface area (Å²) in [6.07, 6.45) is -0.155. The second-order valence-electron chi connectivity index (χ2n) is 4.30. The van der Waals surface area contributed by atoms with Gasteiger partial charge in [0.2, 0.25) is 5.91 Å². The maximum atomic E-state index is 11.9. The Hall–Kier alpha value is -1.30. The van der Waals surface area contributed by atoms with E-state index in [0.717, 1.165) is 19.5 Å². The minimum atomic E-state index is -0.889. The number of nitrogens with one attached hydrogen (secondary N) is 1. The fourth-order valence-corrected chi connectivity index (χ4v) is 2.05. The number of rotatable bonds is 1. The maximum absolute atomic E-state index is 11.9. The molecule has 90 valence electrons. The highest BCUT2D eigenvalue weighted by molar-refractivity contribution is 5.80. The van der Waals surface area contributed by atoms with Gasteiger partial charge in [-0.2, -0.15) is 0 Å². The van der Waals surface area contributed by atoms with Gasteiger partial charge < -0.3 is 20.2 Å². The molecule has 2 saturated heterocycles. The summed E-state index contributed by atoms with van der Waals surface area (Å²) in [7, 11) is 0. The molecule has 2 heterocycles. The van der Waals surface area contributed by atoms with Gasteiger partial charge in [-0.1, -0.05) is 0 Å². The first-order valence-corrected chi connectivity index (χ1v) is 5.66. The van der Waals surface area contributed by atoms with Gasteiger partial charge >= 0.3 is 6.09 Å². The molecule has 2 amide bonds. The van der Waals surface area contributed by atoms with E-state index in [0.29, 0.717) is 26.2 Å². The number of nitrogens with zero attached hydrogens (tertiary/aromatic N) is 2. The van der Waals surface area contributed by atoms with Crippen LogP contribution >= 0.6 is 0 Å². The fraction of sp³-hybridized carbons (Fsp3) is 0.800. The van der Waals surface area contributed by atoms with Crippen LogP contribution in [-0.4, -0.2) is 66.2 Å². The summed E-state index contributed by atoms with van der Waals surface area (Å²) >= 11 is 0. The highest BCUT2D eigenvalue weighted by Crippen LogP contribution is 2.11. The molecule has 0 aliphatic carbocycles. The molecule has 2 rings (SSSR count). The molecule has 6 heteroatoms. The van der Waals surface area contributed by atoms with Crippen molar-refractivity contribution in [3.8, 4) is 0 Å². The molecule has 2 N–H and O–H groups in total. The van der Waals surface area contributed by atoms with Crippen LogP contribution < -0.4 is 5.32 Å². The van der Waals surface area contributed by atoms with Gasteiger partial charge in [-0.25, -0.2) is 4.79 Å². The van der Waals surface area contributed by atoms with E-state index in [1.165, 1.54) is 4.90 Å². The molecule has 0 saturated carbocycles. The summed E-state index contributed by atoms with van der Waals surface area (Å²) in [5.74, 6) is 0.280. The zero-order valence-corrected chi connectivity index (χ0v) is 9.19. The normalized spacial score (nSPS) is 22.5. The molecule has 0 aromatic carbocycles. The summed E-state index contributed by atoms with van der Waals surface area (Å²) in [6.45, 7) is 3.69. The molecule has 2 aliphatic rings. The monoisotopic (exact) mass is 227 g/mol. The number of carbonyl (C=O) groups is 2. The molecule has 0 aromatic rings. The van der Waals surface area contributed by atoms with E-state index >= 15 is 0 Å². The van der Waals surface area contributed by atoms with Crippen molar-refractivity contribution in [1.29, 1.82) is 0 Å². The standard InChI is InChI=1S/C10H17N3O3/c14-9(8-6-11-7-8)12-2-1-3-13(5-4-12)10(15)16/h8,11H,1-7H2,(H,15,16). The van der Waals surface area contributed by atoms with Crippen LogP contribution in [0.5, 0.6) is 0 Å². The molecule has 6 nitrogen and oxygen atoms in total. The lowest BCUT2D eigenvalue weighted by molar-refractivity contribution is -0.136. The van der Waals surface area contributed by atoms with E-state index in [1.807, 2.05) is 0 Å². The summed E-state index contributed by atoms with van der Waals surface area (Å²) in [6, 6.07) is 0. The number of carbonyl (C=O) groups excluding carboxylic acids is 1. The van der Waals surface area contributed by atoms with Gasteiger partial charge in [0.15, 0.2) is 0 Å². The Morgan fingerprint density at radius 3 is 2.25 bits per heavy atom. The van der Waals surface area contributed by atoms with Crippen LogP contribution in [0.1, 0.15) is 6.42 Å². The van der Waals surface area contributed by atoms with Crippen LogP contribution in [-0.2, 0) is 4.79 Å². The Bertz CT molecular complexity index is 291. The van der Waals surface area contributed by atoms with Crippen molar-refractivity contribution < 1.29 is 14.7 Å². The Labute approximate surface area is 94.2 Å². The van der Waals surface area contributed by atoms with E-state index in [2.05, 4.69) is 5.32 Å². The van der Waals surface area contributed by atoms with Crippen LogP contribution in [0.3, 0.4) is 0 Å². The van der Waals surface area contributed by atoms with Crippen LogP contribution in [0.4, 0.5) is 4.79 Å². The number of carboxylic acid groups (broad SMARTS) is 1. The van der Waals surface area contributed by atoms with Crippen LogP contribution in [0.25, 0.3) is 0 Å². The first-order valence-electron chi connectivity index (χ1n) is 5.66. The highest BCUT2D eigenvalue weighted by Gasteiger charge is 2.30. The molecular formula is C10H17N3O3. The van der Waals surface area contributed by atoms with E-state index < -0.39 is 6.09 Å². The highest BCUT2D eigenvalue weighted by atomic mass is 16.4. The lowest BCUT2D eigenvalue weighted by atomic mass is 10.0. The van der Waals surface area contributed by atoms with E-state index in [4.69, 9.17) is 5.11 Å². The molecule has 2 fully saturated rings. The van der Waals surface area contributed by atoms with Crippen molar-refractivity contribution in [3.05, 3.63) is 0 Å². The van der Waals surface area contributed by atoms with Crippen molar-refractivity contribution in [2.45, 2.75) is 6.42 Å². The Kier molecular flexibility index (Phi) is 3.28. The fourth-order valence-electron chi connectivity index (χ4n) is 2.05. The molecule has 0 radical (unpaired) electrons. The van der Waals surface area contributed by atoms with E-state index in [1.54, 1.807) is 4.90 Å². The summed E-state index contributed by atoms with van der Waals surface area (Å²) in [5, 5.41) is 11.9. The Balaban J connectivity index is 1.87. The zero-order valence-electron chi connectivity index (χ0n) is 9.19. The third-order valence-corrected chi connectivity index (χ3v) is 3.21. The molecule has 16 heavy (non-hydrogen) atoms. The molecule has 2 aliphatic heterocycles. The average Bonchev–Trinajstić information content (AvgIpc) is 2.39. The maximum Gasteiger partial charge on any atom is 0.407 e. The van der Waals surface area contributed by atoms with E-state index in [-0.39, 0.29) is 11.8 Å². The molecule has 0 unspecified atom stereocenters. The molecule has 0 aromatic heterocycles. The zero-order chi connectivity index (χ0) is 11.5. The minimum absolute atomic E-state index is 0.108. The number of amides is 2. The summed E-state index contributed by atoms with van der Waals surface area (Å²) < 4.78 is 0. The lowest BCUT2D eigenvalue weighted by Gasteiger charge is -2.31. The smallest absolute Gasteiger partial charge is 0.407 e. The van der Waals surface area contributed by atoms with Crippen molar-refractivity contribution >= 4 is 12.0 Å². The lowest BCUT2D eigenvalue weighted by Crippen LogP contribution is -2.52. The minimum Gasteiger partial charge on any atom is -0.465 e. The first kappa shape index (κ1) is 11.2. The van der Waals surface area contributed by atoms with Crippen molar-refractivity contribution in [1.82, 2.24) is 15.1 Å². The Morgan fingerprint density at radius 2 is 1.69 bits per heavy atom. The third kappa shape index (κ3) is 2.27. The predicted molar refractivity (Wildman–Crippen MR) is 57.2 cm³/mol. The van der Waals surface area contributed by atoms with Gasteiger partial charge in [-0.15, -0.1) is 0 Å². The van der Waals surface area contributed by atoms with Gasteiger partial charge in [0.25, 0.3) is 0 Å². The predicted octanol–water partition coefficient (Wildman–Crippen LogP) is -0.582. The second kappa shape index (κ2) is 4.69. The third-order valence-electron chi connectivity index (χ3n) is 3.21. The summed E-state index contributed by atoms with van der Waals surface area (Å²) in [4.78, 5) is 25.9. The van der Waals surface area contributed by atoms with Gasteiger partial charge in [0, 0.05) is 39.3 Å². The van der Waals surface area contributed by atoms with Crippen LogP contribution in [0, 0.1) is 5.92 Å². The van der Waals surface area contributed by atoms with Gasteiger partial charge in [0.1, 0.15) is 0 Å². The second-order valence-corrected chi connectivity index (χ2v) is 4.30. The molecule has 0 atom stereocenters. The van der Waals surface area contributed by atoms with Gasteiger partial charge in [0.05, 0.1) is 5.92 Å². The van der Waals surface area contributed by atoms with Crippen LogP contribution in [0.15, 0.2) is 0 Å². The molecule has 0 spiro atoms. The summed E-state index contributed by atoms with van der Waals surface area (Å²) in [5.41, 5.74) is 0. The topological polar surface area (TPSA) is 72.9 Å². The SMILES string of the molecule is O=C(O)N1CCCN(C(=O)C2CNC2)CC1. The first-order chi connectivity index (χ1) is 7.68. The quantitative estimate of drug-likeness (QED) is 0.628. The number of hydrogen-bond donors (Lipinski definition) is 2. The van der Waals surface area contributed by atoms with Crippen molar-refractivity contribution in [2.75, 3.05) is 39.3 Å². The van der Waals surface area contributed by atoms with E-state index in [9.17, 15) is 9.59 Å². The largest absolute Gasteiger partial charge is 0.465 e. The Morgan fingerprint density at radius 1 is 1.06 bits per heavy atom.